The van der Waals surface area contributed by atoms with Gasteiger partial charge in [0.2, 0.25) is 5.91 Å². The lowest BCUT2D eigenvalue weighted by atomic mass is 9.65. The second-order valence-corrected chi connectivity index (χ2v) is 9.76. The largest absolute Gasteiger partial charge is 0.481 e. The number of fused-ring (bicyclic) bond motifs is 1. The maximum absolute atomic E-state index is 14.3. The van der Waals surface area contributed by atoms with Crippen LogP contribution in [0.1, 0.15) is 43.7 Å². The Kier molecular flexibility index (Phi) is 6.33. The molecule has 3 aliphatic heterocycles. The molecule has 1 spiro atoms. The molecule has 0 aromatic heterocycles. The number of carboxylic acids is 1. The summed E-state index contributed by atoms with van der Waals surface area (Å²) in [7, 11) is 0. The molecule has 3 aliphatic rings. The van der Waals surface area contributed by atoms with Crippen LogP contribution < -0.4 is 4.90 Å². The molecular formula is C26H34N2O6. The molecule has 4 rings (SSSR count). The predicted octanol–water partition coefficient (Wildman–Crippen LogP) is 2.44. The number of carboxylic acid groups (broad SMARTS) is 1. The van der Waals surface area contributed by atoms with Crippen LogP contribution in [0.4, 0.5) is 5.69 Å². The third kappa shape index (κ3) is 3.30. The summed E-state index contributed by atoms with van der Waals surface area (Å²) in [5.74, 6) is -3.65. The van der Waals surface area contributed by atoms with Gasteiger partial charge in [0.25, 0.3) is 5.91 Å². The number of nitrogens with zero attached hydrogens (tertiary/aromatic N) is 2. The molecule has 3 fully saturated rings. The molecular weight excluding hydrogens is 436 g/mol. The van der Waals surface area contributed by atoms with Gasteiger partial charge < -0.3 is 24.7 Å². The van der Waals surface area contributed by atoms with Gasteiger partial charge in [0, 0.05) is 25.4 Å². The molecule has 8 heteroatoms. The number of carbonyl (C=O) groups excluding carboxylic acids is 2. The fraction of sp³-hybridized carbons (Fsp3) is 0.577. The van der Waals surface area contributed by atoms with E-state index in [9.17, 15) is 24.6 Å². The first-order chi connectivity index (χ1) is 16.2. The number of ether oxygens (including phenoxy) is 1. The second-order valence-electron chi connectivity index (χ2n) is 9.76. The first-order valence-electron chi connectivity index (χ1n) is 12.0. The van der Waals surface area contributed by atoms with Gasteiger partial charge in [-0.2, -0.15) is 0 Å². The average molecular weight is 471 g/mol. The van der Waals surface area contributed by atoms with E-state index in [1.165, 1.54) is 4.90 Å². The predicted molar refractivity (Wildman–Crippen MR) is 126 cm³/mol. The molecule has 8 nitrogen and oxygen atoms in total. The number of aryl methyl sites for hydroxylation is 2. The number of rotatable bonds is 9. The number of aliphatic carboxylic acids is 1. The van der Waals surface area contributed by atoms with Crippen molar-refractivity contribution in [3.8, 4) is 0 Å². The van der Waals surface area contributed by atoms with Gasteiger partial charge in [-0.1, -0.05) is 31.2 Å². The Morgan fingerprint density at radius 1 is 1.29 bits per heavy atom. The van der Waals surface area contributed by atoms with E-state index in [-0.39, 0.29) is 31.5 Å². The highest BCUT2D eigenvalue weighted by Crippen LogP contribution is 2.64. The number of amides is 2. The molecule has 3 heterocycles. The van der Waals surface area contributed by atoms with Gasteiger partial charge in [-0.15, -0.1) is 6.58 Å². The molecule has 2 amide bonds. The van der Waals surface area contributed by atoms with Crippen LogP contribution in [0.5, 0.6) is 0 Å². The maximum atomic E-state index is 14.3. The lowest BCUT2D eigenvalue weighted by Gasteiger charge is -2.37. The maximum Gasteiger partial charge on any atom is 0.310 e. The van der Waals surface area contributed by atoms with Crippen LogP contribution in [0, 0.1) is 25.7 Å². The quantitative estimate of drug-likeness (QED) is 0.537. The Hall–Kier alpha value is -2.71. The van der Waals surface area contributed by atoms with Crippen molar-refractivity contribution >= 4 is 23.5 Å². The van der Waals surface area contributed by atoms with Gasteiger partial charge in [-0.3, -0.25) is 14.4 Å². The lowest BCUT2D eigenvalue weighted by Crippen LogP contribution is -2.56. The minimum atomic E-state index is -1.20. The molecule has 1 aromatic rings. The standard InChI is InChI=1S/C26H34N2O6/c1-5-13-27(20-16(3)9-7-10-17(20)4)23(31)21-26-12-11-25(6-2,34-26)19(24(32)33)18(26)22(30)28(21)14-8-15-29/h5,7,9-10,18-19,21,29H,1,6,8,11-15H2,2-4H3,(H,32,33)/t18-,19+,21?,25-,26?/m0/s1. The van der Waals surface area contributed by atoms with Gasteiger partial charge in [0.1, 0.15) is 17.6 Å². The summed E-state index contributed by atoms with van der Waals surface area (Å²) in [6.07, 6.45) is 3.34. The highest BCUT2D eigenvalue weighted by molar-refractivity contribution is 6.05. The van der Waals surface area contributed by atoms with Crippen LogP contribution in [0.25, 0.3) is 0 Å². The zero-order valence-corrected chi connectivity index (χ0v) is 20.1. The Balaban J connectivity index is 1.85. The number of hydrogen-bond acceptors (Lipinski definition) is 5. The lowest BCUT2D eigenvalue weighted by molar-refractivity contribution is -0.155. The number of carbonyl (C=O) groups is 3. The molecule has 0 aliphatic carbocycles. The van der Waals surface area contributed by atoms with E-state index < -0.39 is 35.0 Å². The first-order valence-corrected chi connectivity index (χ1v) is 12.0. The molecule has 2 bridgehead atoms. The summed E-state index contributed by atoms with van der Waals surface area (Å²) in [5.41, 5.74) is 0.448. The molecule has 0 radical (unpaired) electrons. The number of aliphatic hydroxyl groups excluding tert-OH is 1. The van der Waals surface area contributed by atoms with E-state index in [4.69, 9.17) is 4.74 Å². The second kappa shape index (κ2) is 8.82. The van der Waals surface area contributed by atoms with Gasteiger partial charge in [0.05, 0.1) is 11.5 Å². The number of para-hydroxylation sites is 1. The number of aliphatic hydroxyl groups is 1. The minimum absolute atomic E-state index is 0.141. The third-order valence-electron chi connectivity index (χ3n) is 8.03. The van der Waals surface area contributed by atoms with Crippen LogP contribution in [0.2, 0.25) is 0 Å². The van der Waals surface area contributed by atoms with Crippen LogP contribution in [0.15, 0.2) is 30.9 Å². The summed E-state index contributed by atoms with van der Waals surface area (Å²) >= 11 is 0. The molecule has 2 N–H and O–H groups in total. The van der Waals surface area contributed by atoms with Crippen molar-refractivity contribution in [3.63, 3.8) is 0 Å². The molecule has 1 aromatic carbocycles. The Bertz CT molecular complexity index is 1000. The highest BCUT2D eigenvalue weighted by atomic mass is 16.5. The molecule has 5 atom stereocenters. The van der Waals surface area contributed by atoms with E-state index in [2.05, 4.69) is 6.58 Å². The molecule has 2 unspecified atom stereocenters. The van der Waals surface area contributed by atoms with Crippen LogP contribution >= 0.6 is 0 Å². The summed E-state index contributed by atoms with van der Waals surface area (Å²) in [6, 6.07) is 4.82. The number of hydrogen-bond donors (Lipinski definition) is 2. The number of benzene rings is 1. The van der Waals surface area contributed by atoms with E-state index in [1.807, 2.05) is 39.0 Å². The topological polar surface area (TPSA) is 107 Å². The van der Waals surface area contributed by atoms with E-state index in [1.54, 1.807) is 11.0 Å². The van der Waals surface area contributed by atoms with Crippen molar-refractivity contribution in [1.82, 2.24) is 4.90 Å². The van der Waals surface area contributed by atoms with Gasteiger partial charge >= 0.3 is 5.97 Å². The summed E-state index contributed by atoms with van der Waals surface area (Å²) < 4.78 is 6.55. The summed E-state index contributed by atoms with van der Waals surface area (Å²) in [4.78, 5) is 43.6. The van der Waals surface area contributed by atoms with Crippen molar-refractivity contribution in [3.05, 3.63) is 42.0 Å². The first kappa shape index (κ1) is 24.4. The minimum Gasteiger partial charge on any atom is -0.481 e. The molecule has 3 saturated heterocycles. The third-order valence-corrected chi connectivity index (χ3v) is 8.03. The van der Waals surface area contributed by atoms with Crippen molar-refractivity contribution < 1.29 is 29.3 Å². The zero-order valence-electron chi connectivity index (χ0n) is 20.1. The van der Waals surface area contributed by atoms with Crippen molar-refractivity contribution in [2.75, 3.05) is 24.6 Å². The fourth-order valence-corrected chi connectivity index (χ4v) is 6.65. The highest BCUT2D eigenvalue weighted by Gasteiger charge is 2.79. The van der Waals surface area contributed by atoms with E-state index in [0.717, 1.165) is 16.8 Å². The van der Waals surface area contributed by atoms with Crippen LogP contribution in [-0.2, 0) is 19.1 Å². The number of likely N-dealkylation sites (tertiary alicyclic amines) is 1. The Morgan fingerprint density at radius 3 is 2.53 bits per heavy atom. The smallest absolute Gasteiger partial charge is 0.310 e. The van der Waals surface area contributed by atoms with Crippen LogP contribution in [0.3, 0.4) is 0 Å². The Labute approximate surface area is 200 Å². The average Bonchev–Trinajstić information content (AvgIpc) is 3.40. The summed E-state index contributed by atoms with van der Waals surface area (Å²) in [6.45, 7) is 9.83. The summed E-state index contributed by atoms with van der Waals surface area (Å²) in [5, 5.41) is 19.6. The molecule has 34 heavy (non-hydrogen) atoms. The SMILES string of the molecule is C=CCN(C(=O)C1N(CCCO)C(=O)[C@@H]2[C@H](C(=O)O)[C@]3(CC)CCC12O3)c1c(C)cccc1C. The van der Waals surface area contributed by atoms with Crippen molar-refractivity contribution in [1.29, 1.82) is 0 Å². The monoisotopic (exact) mass is 470 g/mol. The van der Waals surface area contributed by atoms with Crippen molar-refractivity contribution in [2.24, 2.45) is 11.8 Å². The van der Waals surface area contributed by atoms with Gasteiger partial charge in [-0.25, -0.2) is 0 Å². The van der Waals surface area contributed by atoms with Gasteiger partial charge in [0.15, 0.2) is 0 Å². The zero-order chi connectivity index (χ0) is 24.8. The fourth-order valence-electron chi connectivity index (χ4n) is 6.65. The number of anilines is 1. The van der Waals surface area contributed by atoms with Crippen molar-refractivity contribution in [2.45, 2.75) is 63.7 Å². The molecule has 184 valence electrons. The van der Waals surface area contributed by atoms with E-state index in [0.29, 0.717) is 25.7 Å². The Morgan fingerprint density at radius 2 is 1.97 bits per heavy atom. The van der Waals surface area contributed by atoms with Crippen LogP contribution in [-0.4, -0.2) is 69.8 Å². The molecule has 0 saturated carbocycles. The van der Waals surface area contributed by atoms with Gasteiger partial charge in [-0.05, 0) is 50.7 Å². The normalized spacial score (nSPS) is 31.6. The van der Waals surface area contributed by atoms with E-state index >= 15 is 0 Å².